The van der Waals surface area contributed by atoms with Crippen LogP contribution in [0.2, 0.25) is 0 Å². The lowest BCUT2D eigenvalue weighted by molar-refractivity contribution is 0.0513. The molecule has 0 unspecified atom stereocenters. The van der Waals surface area contributed by atoms with Crippen LogP contribution in [0.15, 0.2) is 41.7 Å². The van der Waals surface area contributed by atoms with Gasteiger partial charge in [-0.05, 0) is 43.0 Å². The lowest BCUT2D eigenvalue weighted by atomic mass is 9.74. The number of nitrogens with zero attached hydrogens (tertiary/aromatic N) is 3. The Morgan fingerprint density at radius 2 is 2.07 bits per heavy atom. The quantitative estimate of drug-likeness (QED) is 0.421. The topological polar surface area (TPSA) is 81.9 Å². The Bertz CT molecular complexity index is 816. The van der Waals surface area contributed by atoms with E-state index in [2.05, 4.69) is 32.9 Å². The van der Waals surface area contributed by atoms with Crippen LogP contribution in [0.5, 0.6) is 11.5 Å². The highest BCUT2D eigenvalue weighted by atomic mass is 16.7. The predicted octanol–water partition coefficient (Wildman–Crippen LogP) is 1.92. The minimum absolute atomic E-state index is 0.0219. The van der Waals surface area contributed by atoms with Gasteiger partial charge in [0.25, 0.3) is 0 Å². The van der Waals surface area contributed by atoms with E-state index in [1.165, 1.54) is 5.56 Å². The molecule has 4 rings (SSSR count). The highest BCUT2D eigenvalue weighted by molar-refractivity contribution is 5.79. The lowest BCUT2D eigenvalue weighted by Gasteiger charge is -2.38. The predicted molar refractivity (Wildman–Crippen MR) is 111 cm³/mol. The molecule has 0 radical (unpaired) electrons. The average molecular weight is 399 g/mol. The summed E-state index contributed by atoms with van der Waals surface area (Å²) < 4.78 is 18.7. The van der Waals surface area contributed by atoms with Crippen LogP contribution in [0.1, 0.15) is 24.8 Å². The molecule has 0 amide bonds. The van der Waals surface area contributed by atoms with Gasteiger partial charge in [0.2, 0.25) is 6.79 Å². The van der Waals surface area contributed by atoms with Crippen molar-refractivity contribution < 1.29 is 14.2 Å². The van der Waals surface area contributed by atoms with Crippen molar-refractivity contribution >= 4 is 5.96 Å². The molecule has 0 aliphatic carbocycles. The Kier molecular flexibility index (Phi) is 6.19. The van der Waals surface area contributed by atoms with Crippen LogP contribution in [-0.2, 0) is 16.7 Å². The third-order valence-corrected chi connectivity index (χ3v) is 5.67. The van der Waals surface area contributed by atoms with Gasteiger partial charge in [-0.2, -0.15) is 5.10 Å². The number of hydrogen-bond donors (Lipinski definition) is 2. The van der Waals surface area contributed by atoms with E-state index in [9.17, 15) is 0 Å². The van der Waals surface area contributed by atoms with Gasteiger partial charge in [0.05, 0.1) is 0 Å². The molecule has 1 saturated heterocycles. The van der Waals surface area contributed by atoms with E-state index in [0.29, 0.717) is 6.79 Å². The Morgan fingerprint density at radius 1 is 1.21 bits per heavy atom. The first-order valence-corrected chi connectivity index (χ1v) is 10.2. The molecule has 2 aliphatic rings. The van der Waals surface area contributed by atoms with Crippen molar-refractivity contribution in [2.75, 3.05) is 40.1 Å². The van der Waals surface area contributed by atoms with Gasteiger partial charge in [0, 0.05) is 57.7 Å². The number of aryl methyl sites for hydroxylation is 1. The van der Waals surface area contributed by atoms with Crippen molar-refractivity contribution in [2.45, 2.75) is 31.2 Å². The Morgan fingerprint density at radius 3 is 2.86 bits per heavy atom. The van der Waals surface area contributed by atoms with Crippen LogP contribution < -0.4 is 20.1 Å². The average Bonchev–Trinajstić information content (AvgIpc) is 3.45. The molecule has 29 heavy (non-hydrogen) atoms. The molecule has 0 saturated carbocycles. The summed E-state index contributed by atoms with van der Waals surface area (Å²) in [6.45, 7) is 4.31. The number of hydrogen-bond acceptors (Lipinski definition) is 5. The van der Waals surface area contributed by atoms with Crippen molar-refractivity contribution in [3.05, 3.63) is 42.2 Å². The fourth-order valence-electron chi connectivity index (χ4n) is 3.91. The monoisotopic (exact) mass is 399 g/mol. The maximum Gasteiger partial charge on any atom is 0.231 e. The van der Waals surface area contributed by atoms with E-state index < -0.39 is 0 Å². The van der Waals surface area contributed by atoms with E-state index in [0.717, 1.165) is 69.6 Å². The molecule has 3 heterocycles. The summed E-state index contributed by atoms with van der Waals surface area (Å²) >= 11 is 0. The minimum atomic E-state index is -0.0219. The Balaban J connectivity index is 1.36. The number of benzene rings is 1. The Hall–Kier alpha value is -2.74. The van der Waals surface area contributed by atoms with Crippen molar-refractivity contribution in [1.29, 1.82) is 0 Å². The van der Waals surface area contributed by atoms with Crippen LogP contribution >= 0.6 is 0 Å². The van der Waals surface area contributed by atoms with Crippen LogP contribution in [0.3, 0.4) is 0 Å². The molecule has 1 aromatic carbocycles. The molecule has 156 valence electrons. The smallest absolute Gasteiger partial charge is 0.231 e. The van der Waals surface area contributed by atoms with E-state index >= 15 is 0 Å². The number of ether oxygens (including phenoxy) is 3. The van der Waals surface area contributed by atoms with Gasteiger partial charge in [0.1, 0.15) is 0 Å². The van der Waals surface area contributed by atoms with E-state index in [1.54, 1.807) is 13.2 Å². The lowest BCUT2D eigenvalue weighted by Crippen LogP contribution is -2.48. The molecular formula is C21H29N5O3. The van der Waals surface area contributed by atoms with Gasteiger partial charge < -0.3 is 24.8 Å². The summed E-state index contributed by atoms with van der Waals surface area (Å²) in [7, 11) is 1.81. The van der Waals surface area contributed by atoms with Crippen LogP contribution in [-0.4, -0.2) is 55.9 Å². The van der Waals surface area contributed by atoms with Crippen LogP contribution in [0, 0.1) is 0 Å². The van der Waals surface area contributed by atoms with Gasteiger partial charge in [-0.15, -0.1) is 0 Å². The summed E-state index contributed by atoms with van der Waals surface area (Å²) in [5.74, 6) is 2.46. The molecular weight excluding hydrogens is 370 g/mol. The number of fused-ring (bicyclic) bond motifs is 1. The molecule has 8 nitrogen and oxygen atoms in total. The second-order valence-corrected chi connectivity index (χ2v) is 7.44. The summed E-state index contributed by atoms with van der Waals surface area (Å²) in [6, 6.07) is 8.23. The highest BCUT2D eigenvalue weighted by Crippen LogP contribution is 2.40. The molecule has 0 atom stereocenters. The van der Waals surface area contributed by atoms with Crippen LogP contribution in [0.4, 0.5) is 0 Å². The molecule has 1 aromatic heterocycles. The molecule has 2 N–H and O–H groups in total. The summed E-state index contributed by atoms with van der Waals surface area (Å²) in [4.78, 5) is 4.39. The number of rotatable bonds is 7. The van der Waals surface area contributed by atoms with Crippen molar-refractivity contribution in [2.24, 2.45) is 4.99 Å². The molecule has 0 spiro atoms. The molecule has 1 fully saturated rings. The maximum atomic E-state index is 5.65. The first kappa shape index (κ1) is 19.6. The number of aliphatic imine (C=N–C) groups is 1. The third kappa shape index (κ3) is 4.64. The zero-order valence-corrected chi connectivity index (χ0v) is 16.9. The second-order valence-electron chi connectivity index (χ2n) is 7.44. The summed E-state index contributed by atoms with van der Waals surface area (Å²) in [5.41, 5.74) is 1.23. The zero-order valence-electron chi connectivity index (χ0n) is 16.9. The van der Waals surface area contributed by atoms with E-state index in [-0.39, 0.29) is 5.41 Å². The fourth-order valence-corrected chi connectivity index (χ4v) is 3.91. The highest BCUT2D eigenvalue weighted by Gasteiger charge is 2.35. The Labute approximate surface area is 171 Å². The van der Waals surface area contributed by atoms with E-state index in [1.807, 2.05) is 23.0 Å². The fraction of sp³-hybridized carbons (Fsp3) is 0.524. The van der Waals surface area contributed by atoms with Gasteiger partial charge in [0.15, 0.2) is 17.5 Å². The van der Waals surface area contributed by atoms with Crippen molar-refractivity contribution in [3.8, 4) is 11.5 Å². The van der Waals surface area contributed by atoms with Crippen LogP contribution in [0.25, 0.3) is 0 Å². The molecule has 2 aliphatic heterocycles. The summed E-state index contributed by atoms with van der Waals surface area (Å²) in [6.07, 6.45) is 6.67. The van der Waals surface area contributed by atoms with Gasteiger partial charge in [-0.25, -0.2) is 0 Å². The number of aromatic nitrogens is 2. The van der Waals surface area contributed by atoms with Crippen molar-refractivity contribution in [1.82, 2.24) is 20.4 Å². The molecule has 2 aromatic rings. The van der Waals surface area contributed by atoms with Gasteiger partial charge in [-0.1, -0.05) is 6.07 Å². The molecule has 0 bridgehead atoms. The minimum Gasteiger partial charge on any atom is -0.454 e. The number of guanidine groups is 1. The maximum absolute atomic E-state index is 5.65. The SMILES string of the molecule is CN=C(NCCCn1cccn1)NCC1(c2ccc3c(c2)OCO3)CCOCC1. The normalized spacial score (nSPS) is 17.9. The van der Waals surface area contributed by atoms with Gasteiger partial charge in [-0.3, -0.25) is 9.67 Å². The van der Waals surface area contributed by atoms with Crippen molar-refractivity contribution in [3.63, 3.8) is 0 Å². The largest absolute Gasteiger partial charge is 0.454 e. The summed E-state index contributed by atoms with van der Waals surface area (Å²) in [5, 5.41) is 11.2. The van der Waals surface area contributed by atoms with Gasteiger partial charge >= 0.3 is 0 Å². The van der Waals surface area contributed by atoms with E-state index in [4.69, 9.17) is 14.2 Å². The third-order valence-electron chi connectivity index (χ3n) is 5.67. The zero-order chi connectivity index (χ0) is 19.9. The molecule has 8 heteroatoms. The first-order valence-electron chi connectivity index (χ1n) is 10.2. The number of nitrogens with one attached hydrogen (secondary N) is 2. The standard InChI is InChI=1S/C21H29N5O3/c1-22-20(23-8-2-10-26-11-3-9-25-26)24-15-21(6-12-27-13-7-21)17-4-5-18-19(14-17)29-16-28-18/h3-5,9,11,14H,2,6-8,10,12-13,15-16H2,1H3,(H2,22,23,24). The first-order chi connectivity index (χ1) is 14.3. The second kappa shape index (κ2) is 9.17.